The van der Waals surface area contributed by atoms with Crippen molar-refractivity contribution < 1.29 is 9.59 Å². The molecule has 4 heteroatoms. The first-order valence-corrected chi connectivity index (χ1v) is 6.06. The van der Waals surface area contributed by atoms with E-state index in [1.54, 1.807) is 36.1 Å². The van der Waals surface area contributed by atoms with Crippen molar-refractivity contribution >= 4 is 23.3 Å². The van der Waals surface area contributed by atoms with Crippen LogP contribution in [0.2, 0.25) is 5.02 Å². The molecule has 0 bridgehead atoms. The maximum absolute atomic E-state index is 12.2. The summed E-state index contributed by atoms with van der Waals surface area (Å²) < 4.78 is 0. The standard InChI is InChI=1S/C13H14ClNO2/c1-9(15-7-3-6-12(15)16)13(17)10-4-2-5-11(14)8-10/h2,4-5,8-9H,3,6-7H2,1H3. The number of carbonyl (C=O) groups is 2. The molecular weight excluding hydrogens is 238 g/mol. The van der Waals surface area contributed by atoms with Crippen LogP contribution in [0.3, 0.4) is 0 Å². The van der Waals surface area contributed by atoms with E-state index >= 15 is 0 Å². The summed E-state index contributed by atoms with van der Waals surface area (Å²) in [4.78, 5) is 25.4. The Morgan fingerprint density at radius 3 is 2.82 bits per heavy atom. The number of Topliss-reactive ketones (excluding diaryl/α,β-unsaturated/α-hetero) is 1. The molecule has 0 radical (unpaired) electrons. The number of rotatable bonds is 3. The fourth-order valence-corrected chi connectivity index (χ4v) is 2.29. The van der Waals surface area contributed by atoms with Gasteiger partial charge in [-0.2, -0.15) is 0 Å². The predicted octanol–water partition coefficient (Wildman–Crippen LogP) is 2.53. The first-order chi connectivity index (χ1) is 8.09. The minimum absolute atomic E-state index is 0.0530. The van der Waals surface area contributed by atoms with E-state index < -0.39 is 6.04 Å². The number of halogens is 1. The molecule has 0 spiro atoms. The van der Waals surface area contributed by atoms with Crippen molar-refractivity contribution in [2.24, 2.45) is 0 Å². The maximum atomic E-state index is 12.2. The minimum atomic E-state index is -0.400. The summed E-state index contributed by atoms with van der Waals surface area (Å²) in [6, 6.07) is 6.44. The fourth-order valence-electron chi connectivity index (χ4n) is 2.10. The van der Waals surface area contributed by atoms with E-state index in [4.69, 9.17) is 11.6 Å². The van der Waals surface area contributed by atoms with Crippen LogP contribution in [0.4, 0.5) is 0 Å². The number of hydrogen-bond donors (Lipinski definition) is 0. The number of ketones is 1. The van der Waals surface area contributed by atoms with Crippen molar-refractivity contribution in [3.05, 3.63) is 34.9 Å². The van der Waals surface area contributed by atoms with Gasteiger partial charge in [0, 0.05) is 23.6 Å². The molecule has 1 atom stereocenters. The lowest BCUT2D eigenvalue weighted by molar-refractivity contribution is -0.128. The number of nitrogens with zero attached hydrogens (tertiary/aromatic N) is 1. The van der Waals surface area contributed by atoms with Crippen LogP contribution in [0, 0.1) is 0 Å². The van der Waals surface area contributed by atoms with Crippen molar-refractivity contribution in [2.45, 2.75) is 25.8 Å². The van der Waals surface area contributed by atoms with Gasteiger partial charge in [0.05, 0.1) is 6.04 Å². The van der Waals surface area contributed by atoms with Crippen molar-refractivity contribution in [3.63, 3.8) is 0 Å². The van der Waals surface area contributed by atoms with Gasteiger partial charge < -0.3 is 4.90 Å². The van der Waals surface area contributed by atoms with Crippen LogP contribution in [0.5, 0.6) is 0 Å². The normalized spacial score (nSPS) is 17.3. The molecule has 17 heavy (non-hydrogen) atoms. The Morgan fingerprint density at radius 2 is 2.24 bits per heavy atom. The van der Waals surface area contributed by atoms with Crippen LogP contribution < -0.4 is 0 Å². The second kappa shape index (κ2) is 4.88. The van der Waals surface area contributed by atoms with Crippen LogP contribution in [-0.2, 0) is 4.79 Å². The van der Waals surface area contributed by atoms with E-state index in [-0.39, 0.29) is 11.7 Å². The fraction of sp³-hybridized carbons (Fsp3) is 0.385. The second-order valence-corrected chi connectivity index (χ2v) is 4.68. The molecule has 1 aliphatic rings. The van der Waals surface area contributed by atoms with Crippen LogP contribution in [0.15, 0.2) is 24.3 Å². The highest BCUT2D eigenvalue weighted by molar-refractivity contribution is 6.31. The van der Waals surface area contributed by atoms with Gasteiger partial charge in [-0.15, -0.1) is 0 Å². The van der Waals surface area contributed by atoms with E-state index in [1.165, 1.54) is 0 Å². The zero-order valence-corrected chi connectivity index (χ0v) is 10.4. The summed E-state index contributed by atoms with van der Waals surface area (Å²) in [5, 5.41) is 0.538. The number of amides is 1. The predicted molar refractivity (Wildman–Crippen MR) is 66.2 cm³/mol. The number of hydrogen-bond acceptors (Lipinski definition) is 2. The van der Waals surface area contributed by atoms with E-state index in [1.807, 2.05) is 0 Å². The Balaban J connectivity index is 2.17. The van der Waals surface area contributed by atoms with Gasteiger partial charge in [-0.1, -0.05) is 23.7 Å². The first-order valence-electron chi connectivity index (χ1n) is 5.69. The Labute approximate surface area is 105 Å². The second-order valence-electron chi connectivity index (χ2n) is 4.24. The van der Waals surface area contributed by atoms with Gasteiger partial charge in [-0.25, -0.2) is 0 Å². The number of benzene rings is 1. The topological polar surface area (TPSA) is 37.4 Å². The molecule has 0 N–H and O–H groups in total. The summed E-state index contributed by atoms with van der Waals surface area (Å²) in [6.07, 6.45) is 1.39. The molecule has 1 aromatic carbocycles. The Bertz CT molecular complexity index is 458. The van der Waals surface area contributed by atoms with E-state index in [0.717, 1.165) is 6.42 Å². The van der Waals surface area contributed by atoms with Crippen LogP contribution >= 0.6 is 11.6 Å². The van der Waals surface area contributed by atoms with Gasteiger partial charge in [0.15, 0.2) is 5.78 Å². The molecule has 0 saturated carbocycles. The molecule has 1 saturated heterocycles. The summed E-state index contributed by atoms with van der Waals surface area (Å²) in [7, 11) is 0. The average molecular weight is 252 g/mol. The summed E-state index contributed by atoms with van der Waals surface area (Å²) >= 11 is 5.85. The molecule has 1 fully saturated rings. The van der Waals surface area contributed by atoms with Gasteiger partial charge >= 0.3 is 0 Å². The van der Waals surface area contributed by atoms with Gasteiger partial charge in [0.2, 0.25) is 5.91 Å². The highest BCUT2D eigenvalue weighted by atomic mass is 35.5. The average Bonchev–Trinajstić information content (AvgIpc) is 2.73. The molecule has 1 unspecified atom stereocenters. The van der Waals surface area contributed by atoms with Gasteiger partial charge in [-0.3, -0.25) is 9.59 Å². The Kier molecular flexibility index (Phi) is 3.48. The molecule has 0 aliphatic carbocycles. The van der Waals surface area contributed by atoms with E-state index in [2.05, 4.69) is 0 Å². The monoisotopic (exact) mass is 251 g/mol. The molecule has 1 heterocycles. The van der Waals surface area contributed by atoms with Gasteiger partial charge in [0.1, 0.15) is 0 Å². The Morgan fingerprint density at radius 1 is 1.47 bits per heavy atom. The van der Waals surface area contributed by atoms with Crippen LogP contribution in [0.1, 0.15) is 30.1 Å². The zero-order chi connectivity index (χ0) is 12.4. The first kappa shape index (κ1) is 12.1. The lowest BCUT2D eigenvalue weighted by Crippen LogP contribution is -2.39. The van der Waals surface area contributed by atoms with Crippen molar-refractivity contribution in [2.75, 3.05) is 6.54 Å². The van der Waals surface area contributed by atoms with Crippen molar-refractivity contribution in [1.29, 1.82) is 0 Å². The number of carbonyl (C=O) groups excluding carboxylic acids is 2. The molecule has 1 aromatic rings. The summed E-state index contributed by atoms with van der Waals surface area (Å²) in [6.45, 7) is 2.44. The van der Waals surface area contributed by atoms with E-state index in [0.29, 0.717) is 23.6 Å². The molecule has 90 valence electrons. The third kappa shape index (κ3) is 2.50. The highest BCUT2D eigenvalue weighted by Gasteiger charge is 2.29. The van der Waals surface area contributed by atoms with Crippen molar-refractivity contribution in [3.8, 4) is 0 Å². The molecule has 2 rings (SSSR count). The zero-order valence-electron chi connectivity index (χ0n) is 9.65. The minimum Gasteiger partial charge on any atom is -0.333 e. The van der Waals surface area contributed by atoms with Gasteiger partial charge in [-0.05, 0) is 25.5 Å². The Hall–Kier alpha value is -1.35. The maximum Gasteiger partial charge on any atom is 0.223 e. The largest absolute Gasteiger partial charge is 0.333 e. The van der Waals surface area contributed by atoms with Crippen LogP contribution in [0.25, 0.3) is 0 Å². The molecule has 3 nitrogen and oxygen atoms in total. The lowest BCUT2D eigenvalue weighted by atomic mass is 10.0. The smallest absolute Gasteiger partial charge is 0.223 e. The third-order valence-corrected chi connectivity index (χ3v) is 3.30. The summed E-state index contributed by atoms with van der Waals surface area (Å²) in [5.41, 5.74) is 0.560. The van der Waals surface area contributed by atoms with Crippen molar-refractivity contribution in [1.82, 2.24) is 4.90 Å². The number of likely N-dealkylation sites (tertiary alicyclic amines) is 1. The van der Waals surface area contributed by atoms with Crippen LogP contribution in [-0.4, -0.2) is 29.2 Å². The summed E-state index contributed by atoms with van der Waals surface area (Å²) in [5.74, 6) is 0.00984. The quantitative estimate of drug-likeness (QED) is 0.775. The molecular formula is C13H14ClNO2. The lowest BCUT2D eigenvalue weighted by Gasteiger charge is -2.23. The van der Waals surface area contributed by atoms with E-state index in [9.17, 15) is 9.59 Å². The molecule has 1 amide bonds. The molecule has 0 aromatic heterocycles. The highest BCUT2D eigenvalue weighted by Crippen LogP contribution is 2.18. The SMILES string of the molecule is CC(C(=O)c1cccc(Cl)c1)N1CCCC1=O. The molecule has 1 aliphatic heterocycles. The van der Waals surface area contributed by atoms with Gasteiger partial charge in [0.25, 0.3) is 0 Å². The third-order valence-electron chi connectivity index (χ3n) is 3.07.